The van der Waals surface area contributed by atoms with Crippen molar-refractivity contribution in [3.05, 3.63) is 111 Å². The summed E-state index contributed by atoms with van der Waals surface area (Å²) in [6.45, 7) is 6.03. The number of rotatable bonds is 13. The second kappa shape index (κ2) is 15.3. The average Bonchev–Trinajstić information content (AvgIpc) is 2.95. The van der Waals surface area contributed by atoms with Crippen LogP contribution in [0.4, 0.5) is 10.5 Å². The fraction of sp³-hybridized carbons (Fsp3) is 0.344. The summed E-state index contributed by atoms with van der Waals surface area (Å²) in [6, 6.07) is 16.6. The minimum Gasteiger partial charge on any atom is -0.444 e. The van der Waals surface area contributed by atoms with Gasteiger partial charge in [-0.2, -0.15) is 0 Å². The van der Waals surface area contributed by atoms with Crippen LogP contribution in [0.15, 0.2) is 83.1 Å². The zero-order valence-corrected chi connectivity index (χ0v) is 25.8. The van der Waals surface area contributed by atoms with Crippen LogP contribution in [-0.4, -0.2) is 37.3 Å². The molecule has 0 saturated heterocycles. The highest BCUT2D eigenvalue weighted by molar-refractivity contribution is 7.93. The standard InChI is InChI=1S/C32H40N4O6S/c1-22(2)16-29(30(37)34-27(14-15-43(4,40)41)18-24-10-12-25(19-33)13-11-24)36-20-23(3)17-28(31(36)38)35-32(39)42-21-26-8-6-5-7-9-26/h5-15,17,20,22,27,29H,16,18-19,21,33H2,1-4H3,(H,34,37)(H,35,39)/b15-14+/t27-,29-/m1/s1. The quantitative estimate of drug-likeness (QED) is 0.263. The Bertz CT molecular complexity index is 1580. The lowest BCUT2D eigenvalue weighted by Gasteiger charge is -2.25. The summed E-state index contributed by atoms with van der Waals surface area (Å²) < 4.78 is 30.4. The van der Waals surface area contributed by atoms with E-state index in [1.54, 1.807) is 13.1 Å². The third kappa shape index (κ3) is 10.8. The van der Waals surface area contributed by atoms with Crippen molar-refractivity contribution in [2.24, 2.45) is 11.7 Å². The Morgan fingerprint density at radius 3 is 2.28 bits per heavy atom. The molecule has 11 heteroatoms. The van der Waals surface area contributed by atoms with E-state index in [1.165, 1.54) is 16.7 Å². The van der Waals surface area contributed by atoms with Crippen molar-refractivity contribution >= 4 is 27.5 Å². The van der Waals surface area contributed by atoms with E-state index in [2.05, 4.69) is 10.6 Å². The Morgan fingerprint density at radius 1 is 1.02 bits per heavy atom. The van der Waals surface area contributed by atoms with E-state index in [0.29, 0.717) is 24.9 Å². The smallest absolute Gasteiger partial charge is 0.412 e. The summed E-state index contributed by atoms with van der Waals surface area (Å²) >= 11 is 0. The highest BCUT2D eigenvalue weighted by Gasteiger charge is 2.26. The van der Waals surface area contributed by atoms with Gasteiger partial charge in [0.1, 0.15) is 18.3 Å². The van der Waals surface area contributed by atoms with E-state index in [-0.39, 0.29) is 18.2 Å². The predicted octanol–water partition coefficient (Wildman–Crippen LogP) is 4.24. The van der Waals surface area contributed by atoms with Gasteiger partial charge in [-0.05, 0) is 54.0 Å². The molecule has 10 nitrogen and oxygen atoms in total. The molecule has 0 fully saturated rings. The number of benzene rings is 2. The average molecular weight is 609 g/mol. The number of nitrogens with one attached hydrogen (secondary N) is 2. The number of pyridine rings is 1. The van der Waals surface area contributed by atoms with Gasteiger partial charge in [-0.25, -0.2) is 13.2 Å². The van der Waals surface area contributed by atoms with Crippen LogP contribution in [0.2, 0.25) is 0 Å². The molecule has 0 spiro atoms. The first-order chi connectivity index (χ1) is 20.3. The Labute approximate surface area is 252 Å². The Kier molecular flexibility index (Phi) is 11.8. The maximum Gasteiger partial charge on any atom is 0.412 e. The lowest BCUT2D eigenvalue weighted by atomic mass is 10.0. The summed E-state index contributed by atoms with van der Waals surface area (Å²) in [5.74, 6) is -0.426. The fourth-order valence-corrected chi connectivity index (χ4v) is 4.95. The van der Waals surface area contributed by atoms with E-state index in [9.17, 15) is 22.8 Å². The number of aryl methyl sites for hydroxylation is 1. The van der Waals surface area contributed by atoms with Gasteiger partial charge < -0.3 is 20.4 Å². The van der Waals surface area contributed by atoms with Crippen molar-refractivity contribution in [1.29, 1.82) is 0 Å². The van der Waals surface area contributed by atoms with Crippen LogP contribution in [0.25, 0.3) is 0 Å². The maximum absolute atomic E-state index is 13.8. The minimum absolute atomic E-state index is 0.0202. The van der Waals surface area contributed by atoms with Crippen LogP contribution in [0, 0.1) is 12.8 Å². The van der Waals surface area contributed by atoms with Crippen molar-refractivity contribution in [2.45, 2.75) is 58.8 Å². The molecule has 0 unspecified atom stereocenters. The zero-order valence-electron chi connectivity index (χ0n) is 24.9. The number of anilines is 1. The third-order valence-electron chi connectivity index (χ3n) is 6.56. The van der Waals surface area contributed by atoms with Crippen molar-refractivity contribution in [2.75, 3.05) is 11.6 Å². The van der Waals surface area contributed by atoms with Crippen LogP contribution >= 0.6 is 0 Å². The molecule has 2 amide bonds. The number of nitrogens with zero attached hydrogens (tertiary/aromatic N) is 1. The lowest BCUT2D eigenvalue weighted by Crippen LogP contribution is -2.43. The van der Waals surface area contributed by atoms with Gasteiger partial charge in [0.25, 0.3) is 5.56 Å². The normalized spacial score (nSPS) is 13.1. The second-order valence-corrected chi connectivity index (χ2v) is 12.9. The van der Waals surface area contributed by atoms with E-state index in [1.807, 2.05) is 68.4 Å². The molecule has 1 aromatic heterocycles. The Hall–Kier alpha value is -4.22. The van der Waals surface area contributed by atoms with Gasteiger partial charge >= 0.3 is 6.09 Å². The summed E-state index contributed by atoms with van der Waals surface area (Å²) in [5, 5.41) is 6.51. The van der Waals surface area contributed by atoms with Crippen molar-refractivity contribution in [1.82, 2.24) is 9.88 Å². The first kappa shape index (κ1) is 33.3. The van der Waals surface area contributed by atoms with Crippen LogP contribution in [0.3, 0.4) is 0 Å². The Morgan fingerprint density at radius 2 is 1.67 bits per heavy atom. The number of ether oxygens (including phenoxy) is 1. The van der Waals surface area contributed by atoms with Gasteiger partial charge in [0, 0.05) is 24.4 Å². The van der Waals surface area contributed by atoms with Crippen LogP contribution in [0.1, 0.15) is 48.6 Å². The number of hydrogen-bond acceptors (Lipinski definition) is 7. The molecule has 0 aliphatic heterocycles. The number of nitrogens with two attached hydrogens (primary N) is 1. The number of carbonyl (C=O) groups excluding carboxylic acids is 2. The topological polar surface area (TPSA) is 150 Å². The fourth-order valence-electron chi connectivity index (χ4n) is 4.48. The van der Waals surface area contributed by atoms with E-state index in [0.717, 1.165) is 28.4 Å². The molecule has 1 heterocycles. The minimum atomic E-state index is -3.46. The van der Waals surface area contributed by atoms with Crippen molar-refractivity contribution in [3.8, 4) is 0 Å². The maximum atomic E-state index is 13.8. The molecule has 0 aliphatic carbocycles. The molecule has 3 rings (SSSR count). The van der Waals surface area contributed by atoms with E-state index >= 15 is 0 Å². The predicted molar refractivity (Wildman–Crippen MR) is 168 cm³/mol. The zero-order chi connectivity index (χ0) is 31.6. The molecule has 43 heavy (non-hydrogen) atoms. The third-order valence-corrected chi connectivity index (χ3v) is 7.21. The number of carbonyl (C=O) groups is 2. The molecule has 0 aliphatic rings. The van der Waals surface area contributed by atoms with Crippen LogP contribution < -0.4 is 21.9 Å². The first-order valence-electron chi connectivity index (χ1n) is 14.0. The summed E-state index contributed by atoms with van der Waals surface area (Å²) in [7, 11) is -3.46. The molecule has 0 saturated carbocycles. The molecule has 2 atom stereocenters. The molecule has 3 aromatic rings. The summed E-state index contributed by atoms with van der Waals surface area (Å²) in [4.78, 5) is 39.9. The second-order valence-electron chi connectivity index (χ2n) is 11.0. The highest BCUT2D eigenvalue weighted by Crippen LogP contribution is 2.20. The number of hydrogen-bond donors (Lipinski definition) is 3. The molecular formula is C32H40N4O6S. The molecule has 0 radical (unpaired) electrons. The summed E-state index contributed by atoms with van der Waals surface area (Å²) in [6.07, 6.45) is 3.93. The number of sulfone groups is 1. The van der Waals surface area contributed by atoms with Gasteiger partial charge in [-0.3, -0.25) is 14.9 Å². The highest BCUT2D eigenvalue weighted by atomic mass is 32.2. The lowest BCUT2D eigenvalue weighted by molar-refractivity contribution is -0.125. The van der Waals surface area contributed by atoms with Crippen LogP contribution in [0.5, 0.6) is 0 Å². The largest absolute Gasteiger partial charge is 0.444 e. The molecule has 2 aromatic carbocycles. The monoisotopic (exact) mass is 608 g/mol. The SMILES string of the molecule is Cc1cc(NC(=O)OCc2ccccc2)c(=O)n([C@H](CC(C)C)C(=O)N[C@H](/C=C/S(C)(=O)=O)Cc2ccc(CN)cc2)c1. The van der Waals surface area contributed by atoms with E-state index < -0.39 is 39.5 Å². The van der Waals surface area contributed by atoms with Gasteiger partial charge in [0.05, 0.1) is 6.04 Å². The van der Waals surface area contributed by atoms with Gasteiger partial charge in [-0.1, -0.05) is 74.5 Å². The van der Waals surface area contributed by atoms with Gasteiger partial charge in [0.2, 0.25) is 5.91 Å². The molecule has 4 N–H and O–H groups in total. The van der Waals surface area contributed by atoms with Crippen LogP contribution in [-0.2, 0) is 38.9 Å². The van der Waals surface area contributed by atoms with Gasteiger partial charge in [0.15, 0.2) is 9.84 Å². The van der Waals surface area contributed by atoms with Crippen molar-refractivity contribution < 1.29 is 22.7 Å². The Balaban J connectivity index is 1.87. The molecular weight excluding hydrogens is 568 g/mol. The number of amides is 2. The number of aromatic nitrogens is 1. The molecule has 230 valence electrons. The first-order valence-corrected chi connectivity index (χ1v) is 16.0. The van der Waals surface area contributed by atoms with E-state index in [4.69, 9.17) is 10.5 Å². The molecule has 0 bridgehead atoms. The van der Waals surface area contributed by atoms with Crippen molar-refractivity contribution in [3.63, 3.8) is 0 Å². The van der Waals surface area contributed by atoms with Gasteiger partial charge in [-0.15, -0.1) is 0 Å². The summed E-state index contributed by atoms with van der Waals surface area (Å²) in [5.41, 5.74) is 8.37.